The Bertz CT molecular complexity index is 742. The molecule has 0 aliphatic heterocycles. The van der Waals surface area contributed by atoms with Crippen molar-refractivity contribution in [2.75, 3.05) is 17.1 Å². The van der Waals surface area contributed by atoms with Crippen LogP contribution in [-0.2, 0) is 19.6 Å². The molecule has 1 aromatic rings. The largest absolute Gasteiger partial charge is 0.506 e. The van der Waals surface area contributed by atoms with Gasteiger partial charge in [-0.3, -0.25) is 4.79 Å². The van der Waals surface area contributed by atoms with E-state index < -0.39 is 34.2 Å². The number of benzene rings is 1. The summed E-state index contributed by atoms with van der Waals surface area (Å²) in [5, 5.41) is 11.5. The highest BCUT2D eigenvalue weighted by Gasteiger charge is 2.27. The van der Waals surface area contributed by atoms with Gasteiger partial charge in [0.2, 0.25) is 10.0 Å². The maximum atomic E-state index is 12.2. The van der Waals surface area contributed by atoms with Gasteiger partial charge in [-0.15, -0.1) is 0 Å². The molecule has 0 unspecified atom stereocenters. The first kappa shape index (κ1) is 20.0. The number of aromatic hydroxyl groups is 1. The van der Waals surface area contributed by atoms with Crippen LogP contribution in [0, 0.1) is 0 Å². The van der Waals surface area contributed by atoms with Gasteiger partial charge in [0.15, 0.2) is 0 Å². The Hall–Kier alpha value is -2.00. The van der Waals surface area contributed by atoms with Crippen molar-refractivity contribution in [3.63, 3.8) is 0 Å². The zero-order valence-electron chi connectivity index (χ0n) is 13.7. The Balaban J connectivity index is 2.96. The lowest BCUT2D eigenvalue weighted by atomic mass is 10.2. The summed E-state index contributed by atoms with van der Waals surface area (Å²) in [6.07, 6.45) is -0.0212. The molecule has 0 saturated heterocycles. The van der Waals surface area contributed by atoms with E-state index in [1.165, 1.54) is 6.07 Å². The third-order valence-corrected chi connectivity index (χ3v) is 3.89. The third-order valence-electron chi connectivity index (χ3n) is 2.51. The minimum atomic E-state index is -3.98. The first-order chi connectivity index (χ1) is 10.8. The standard InChI is InChI=1S/C14H19ClN2O6S/c1-14(2,3)23-13(20)16-8-12(19)17(24(4,21)22)9-5-6-11(18)10(15)7-9/h5-7,18H,8H2,1-4H3,(H,16,20). The van der Waals surface area contributed by atoms with Gasteiger partial charge in [0, 0.05) is 0 Å². The molecule has 0 aliphatic carbocycles. The molecule has 2 amide bonds. The number of carbonyl (C=O) groups excluding carboxylic acids is 2. The lowest BCUT2D eigenvalue weighted by Crippen LogP contribution is -2.44. The van der Waals surface area contributed by atoms with Gasteiger partial charge < -0.3 is 15.2 Å². The minimum absolute atomic E-state index is 0.0590. The van der Waals surface area contributed by atoms with Crippen LogP contribution in [0.3, 0.4) is 0 Å². The fraction of sp³-hybridized carbons (Fsp3) is 0.429. The molecule has 8 nitrogen and oxygen atoms in total. The molecule has 0 spiro atoms. The SMILES string of the molecule is CC(C)(C)OC(=O)NCC(=O)N(c1ccc(O)c(Cl)c1)S(C)(=O)=O. The Morgan fingerprint density at radius 3 is 2.38 bits per heavy atom. The summed E-state index contributed by atoms with van der Waals surface area (Å²) in [6.45, 7) is 4.35. The molecule has 0 fully saturated rings. The molecular formula is C14H19ClN2O6S. The lowest BCUT2D eigenvalue weighted by molar-refractivity contribution is -0.116. The van der Waals surface area contributed by atoms with E-state index in [-0.39, 0.29) is 16.5 Å². The third kappa shape index (κ3) is 5.89. The molecular weight excluding hydrogens is 360 g/mol. The van der Waals surface area contributed by atoms with Crippen LogP contribution in [0.4, 0.5) is 10.5 Å². The molecule has 0 saturated carbocycles. The number of carbonyl (C=O) groups is 2. The average molecular weight is 379 g/mol. The van der Waals surface area contributed by atoms with Gasteiger partial charge in [-0.05, 0) is 39.0 Å². The van der Waals surface area contributed by atoms with Crippen LogP contribution in [0.25, 0.3) is 0 Å². The number of nitrogens with zero attached hydrogens (tertiary/aromatic N) is 1. The van der Waals surface area contributed by atoms with Gasteiger partial charge in [0.05, 0.1) is 17.0 Å². The topological polar surface area (TPSA) is 113 Å². The first-order valence-corrected chi connectivity index (χ1v) is 9.02. The van der Waals surface area contributed by atoms with E-state index >= 15 is 0 Å². The lowest BCUT2D eigenvalue weighted by Gasteiger charge is -2.22. The number of phenols is 1. The summed E-state index contributed by atoms with van der Waals surface area (Å²) >= 11 is 5.74. The van der Waals surface area contributed by atoms with Crippen LogP contribution >= 0.6 is 11.6 Å². The second-order valence-electron chi connectivity index (χ2n) is 5.91. The normalized spacial score (nSPS) is 11.7. The number of amides is 2. The van der Waals surface area contributed by atoms with Crippen LogP contribution in [-0.4, -0.2) is 43.9 Å². The Morgan fingerprint density at radius 2 is 1.92 bits per heavy atom. The number of nitrogens with one attached hydrogen (secondary N) is 1. The minimum Gasteiger partial charge on any atom is -0.506 e. The highest BCUT2D eigenvalue weighted by Crippen LogP contribution is 2.29. The Morgan fingerprint density at radius 1 is 1.33 bits per heavy atom. The zero-order chi connectivity index (χ0) is 18.7. The van der Waals surface area contributed by atoms with E-state index in [1.807, 2.05) is 0 Å². The summed E-state index contributed by atoms with van der Waals surface area (Å²) in [4.78, 5) is 23.8. The predicted molar refractivity (Wildman–Crippen MR) is 89.7 cm³/mol. The van der Waals surface area contributed by atoms with Crippen molar-refractivity contribution >= 4 is 39.3 Å². The summed E-state index contributed by atoms with van der Waals surface area (Å²) < 4.78 is 29.2. The molecule has 1 rings (SSSR count). The van der Waals surface area contributed by atoms with E-state index in [0.717, 1.165) is 18.4 Å². The second kappa shape index (κ2) is 7.27. The fourth-order valence-corrected chi connectivity index (χ4v) is 2.78. The van der Waals surface area contributed by atoms with Crippen LogP contribution in [0.15, 0.2) is 18.2 Å². The number of sulfonamides is 1. The van der Waals surface area contributed by atoms with E-state index in [0.29, 0.717) is 4.31 Å². The molecule has 2 N–H and O–H groups in total. The van der Waals surface area contributed by atoms with Crippen molar-refractivity contribution in [3.8, 4) is 5.75 Å². The summed E-state index contributed by atoms with van der Waals surface area (Å²) in [6, 6.07) is 3.50. The molecule has 134 valence electrons. The van der Waals surface area contributed by atoms with Crippen LogP contribution in [0.2, 0.25) is 5.02 Å². The number of halogens is 1. The Kier molecular flexibility index (Phi) is 6.07. The van der Waals surface area contributed by atoms with Gasteiger partial charge in [-0.1, -0.05) is 11.6 Å². The zero-order valence-corrected chi connectivity index (χ0v) is 15.2. The molecule has 0 bridgehead atoms. The molecule has 0 heterocycles. The molecule has 1 aromatic carbocycles. The smallest absolute Gasteiger partial charge is 0.408 e. The quantitative estimate of drug-likeness (QED) is 0.826. The van der Waals surface area contributed by atoms with Gasteiger partial charge in [-0.2, -0.15) is 0 Å². The van der Waals surface area contributed by atoms with Crippen LogP contribution in [0.1, 0.15) is 20.8 Å². The number of ether oxygens (including phenoxy) is 1. The molecule has 0 radical (unpaired) electrons. The Labute approximate surface area is 145 Å². The number of anilines is 1. The molecule has 24 heavy (non-hydrogen) atoms. The molecule has 0 aromatic heterocycles. The van der Waals surface area contributed by atoms with E-state index in [9.17, 15) is 23.1 Å². The van der Waals surface area contributed by atoms with E-state index in [4.69, 9.17) is 16.3 Å². The monoisotopic (exact) mass is 378 g/mol. The first-order valence-electron chi connectivity index (χ1n) is 6.80. The van der Waals surface area contributed by atoms with Crippen molar-refractivity contribution in [2.45, 2.75) is 26.4 Å². The second-order valence-corrected chi connectivity index (χ2v) is 8.15. The van der Waals surface area contributed by atoms with Gasteiger partial charge >= 0.3 is 6.09 Å². The number of phenolic OH excluding ortho intramolecular Hbond substituents is 1. The molecule has 0 aliphatic rings. The van der Waals surface area contributed by atoms with Crippen molar-refractivity contribution in [2.24, 2.45) is 0 Å². The van der Waals surface area contributed by atoms with Crippen molar-refractivity contribution < 1.29 is 27.9 Å². The number of alkyl carbamates (subject to hydrolysis) is 1. The number of hydrogen-bond acceptors (Lipinski definition) is 6. The average Bonchev–Trinajstić information content (AvgIpc) is 2.37. The highest BCUT2D eigenvalue weighted by atomic mass is 35.5. The van der Waals surface area contributed by atoms with Crippen LogP contribution in [0.5, 0.6) is 5.75 Å². The van der Waals surface area contributed by atoms with Crippen LogP contribution < -0.4 is 9.62 Å². The van der Waals surface area contributed by atoms with Crippen molar-refractivity contribution in [1.29, 1.82) is 0 Å². The highest BCUT2D eigenvalue weighted by molar-refractivity contribution is 7.92. The maximum absolute atomic E-state index is 12.2. The van der Waals surface area contributed by atoms with Crippen molar-refractivity contribution in [3.05, 3.63) is 23.2 Å². The van der Waals surface area contributed by atoms with E-state index in [1.54, 1.807) is 20.8 Å². The van der Waals surface area contributed by atoms with E-state index in [2.05, 4.69) is 5.32 Å². The fourth-order valence-electron chi connectivity index (χ4n) is 1.68. The number of rotatable bonds is 4. The summed E-state index contributed by atoms with van der Waals surface area (Å²) in [7, 11) is -3.98. The molecule has 10 heteroatoms. The van der Waals surface area contributed by atoms with Gasteiger partial charge in [-0.25, -0.2) is 17.5 Å². The predicted octanol–water partition coefficient (Wildman–Crippen LogP) is 1.86. The maximum Gasteiger partial charge on any atom is 0.408 e. The molecule has 0 atom stereocenters. The van der Waals surface area contributed by atoms with Crippen molar-refractivity contribution in [1.82, 2.24) is 5.32 Å². The van der Waals surface area contributed by atoms with Gasteiger partial charge in [0.25, 0.3) is 5.91 Å². The summed E-state index contributed by atoms with van der Waals surface area (Å²) in [5.41, 5.74) is -0.815. The summed E-state index contributed by atoms with van der Waals surface area (Å²) in [5.74, 6) is -1.17. The van der Waals surface area contributed by atoms with Gasteiger partial charge in [0.1, 0.15) is 17.9 Å². The number of hydrogen-bond donors (Lipinski definition) is 2.